The van der Waals surface area contributed by atoms with Gasteiger partial charge in [0.25, 0.3) is 0 Å². The van der Waals surface area contributed by atoms with E-state index in [-0.39, 0.29) is 0 Å². The van der Waals surface area contributed by atoms with Gasteiger partial charge in [0.1, 0.15) is 0 Å². The van der Waals surface area contributed by atoms with E-state index in [0.717, 1.165) is 6.42 Å². The first-order valence-corrected chi connectivity index (χ1v) is 24.1. The molecule has 0 spiro atoms. The van der Waals surface area contributed by atoms with Gasteiger partial charge in [-0.15, -0.1) is 35.2 Å². The summed E-state index contributed by atoms with van der Waals surface area (Å²) in [6.45, 7) is 0. The maximum absolute atomic E-state index is 6.32. The van der Waals surface area contributed by atoms with Crippen LogP contribution in [0, 0.1) is 6.07 Å². The molecule has 0 saturated heterocycles. The van der Waals surface area contributed by atoms with Gasteiger partial charge in [0.05, 0.1) is 0 Å². The maximum atomic E-state index is 6.32. The summed E-state index contributed by atoms with van der Waals surface area (Å²) in [5.74, 6) is 0. The molecular weight excluding hydrogens is 599 g/mol. The summed E-state index contributed by atoms with van der Waals surface area (Å²) in [5.41, 5.74) is 4.62. The number of hydrogen-bond acceptors (Lipinski definition) is 0. The minimum absolute atomic E-state index is 0.889. The van der Waals surface area contributed by atoms with Crippen molar-refractivity contribution in [3.05, 3.63) is 163 Å². The summed E-state index contributed by atoms with van der Waals surface area (Å²) in [7, 11) is 12.6. The molecule has 0 atom stereocenters. The van der Waals surface area contributed by atoms with E-state index in [1.807, 2.05) is 18.2 Å². The predicted molar refractivity (Wildman–Crippen MR) is 163 cm³/mol. The van der Waals surface area contributed by atoms with E-state index in [1.165, 1.54) is 43.4 Å². The first-order chi connectivity index (χ1) is 18.7. The van der Waals surface area contributed by atoms with Crippen molar-refractivity contribution < 1.29 is 18.0 Å². The first kappa shape index (κ1) is 27.0. The van der Waals surface area contributed by atoms with Gasteiger partial charge in [-0.25, -0.2) is 0 Å². The number of fused-ring (bicyclic) bond motifs is 4. The van der Waals surface area contributed by atoms with Crippen molar-refractivity contribution >= 4 is 43.6 Å². The Morgan fingerprint density at radius 1 is 0.632 bits per heavy atom. The number of hydrogen-bond donors (Lipinski definition) is 0. The van der Waals surface area contributed by atoms with Crippen LogP contribution < -0.4 is 10.4 Å². The van der Waals surface area contributed by atoms with Crippen molar-refractivity contribution in [1.29, 1.82) is 0 Å². The average molecular weight is 625 g/mol. The van der Waals surface area contributed by atoms with E-state index in [2.05, 4.69) is 133 Å². The van der Waals surface area contributed by atoms with Gasteiger partial charge < -0.3 is 0 Å². The van der Waals surface area contributed by atoms with Gasteiger partial charge >= 0.3 is 111 Å². The van der Waals surface area contributed by atoms with Crippen LogP contribution in [0.4, 0.5) is 0 Å². The topological polar surface area (TPSA) is 0 Å². The van der Waals surface area contributed by atoms with Gasteiger partial charge in [-0.05, 0) is 6.42 Å². The number of benzene rings is 5. The van der Waals surface area contributed by atoms with Crippen molar-refractivity contribution in [2.45, 2.75) is 6.42 Å². The van der Waals surface area contributed by atoms with E-state index in [9.17, 15) is 0 Å². The molecule has 6 aromatic rings. The van der Waals surface area contributed by atoms with Crippen molar-refractivity contribution in [2.75, 3.05) is 0 Å². The van der Waals surface area contributed by atoms with E-state index in [4.69, 9.17) is 17.0 Å². The Labute approximate surface area is 240 Å². The molecule has 0 N–H and O–H groups in total. The van der Waals surface area contributed by atoms with Crippen LogP contribution in [0.25, 0.3) is 21.9 Å². The molecule has 6 aromatic carbocycles. The molecule has 0 aromatic heterocycles. The van der Waals surface area contributed by atoms with Crippen LogP contribution in [0.2, 0.25) is 0 Å². The Morgan fingerprint density at radius 3 is 1.92 bits per heavy atom. The smallest absolute Gasteiger partial charge is 0.0253 e. The first-order valence-electron chi connectivity index (χ1n) is 12.5. The fourth-order valence-corrected chi connectivity index (χ4v) is 19.9. The fourth-order valence-electron chi connectivity index (χ4n) is 4.66. The summed E-state index contributed by atoms with van der Waals surface area (Å²) < 4.78 is 0. The van der Waals surface area contributed by atoms with Crippen molar-refractivity contribution in [1.82, 2.24) is 0 Å². The number of rotatable bonds is 2. The van der Waals surface area contributed by atoms with Crippen molar-refractivity contribution in [3.63, 3.8) is 0 Å². The third-order valence-electron chi connectivity index (χ3n) is 6.48. The van der Waals surface area contributed by atoms with Gasteiger partial charge in [0.2, 0.25) is 0 Å². The molecule has 0 heterocycles. The van der Waals surface area contributed by atoms with Crippen LogP contribution in [0.1, 0.15) is 11.1 Å². The minimum atomic E-state index is -2.26. The Balaban J connectivity index is 0.000000120. The number of halogens is 2. The summed E-state index contributed by atoms with van der Waals surface area (Å²) in [6.07, 6.45) is 1.05. The Hall–Kier alpha value is -2.61. The molecule has 186 valence electrons. The fraction of sp³-hybridized carbons (Fsp3) is 0.0294. The molecule has 7 rings (SSSR count). The van der Waals surface area contributed by atoms with Crippen molar-refractivity contribution in [2.24, 2.45) is 0 Å². The van der Waals surface area contributed by atoms with Crippen LogP contribution in [0.5, 0.6) is 0 Å². The standard InChI is InChI=1S/C13H9.C12H10Si.C9H7.2ClH.Zr/c1-3-7-12-10(5-1)9-11-6-2-4-8-13(11)12;1-3-7-11(8-4-1)13-12-9-5-2-6-10-12;1-2-5-9-7-3-6-8(9)4-1;;;/h1-5,7-8H,9H2;1-10H;1-7H;2*1H;/q-1;;-1;;;+2/p-2. The van der Waals surface area contributed by atoms with Crippen LogP contribution in [0.3, 0.4) is 0 Å². The molecule has 38 heavy (non-hydrogen) atoms. The average Bonchev–Trinajstić information content (AvgIpc) is 3.60. The summed E-state index contributed by atoms with van der Waals surface area (Å²) in [4.78, 5) is 0. The van der Waals surface area contributed by atoms with Gasteiger partial charge in [0, 0.05) is 0 Å². The molecule has 1 aliphatic rings. The minimum Gasteiger partial charge on any atom is -0.179 e. The molecule has 4 heteroatoms. The molecular formula is C34H26Cl2SiZr-2. The van der Waals surface area contributed by atoms with Crippen LogP contribution in [0.15, 0.2) is 146 Å². The molecule has 1 aliphatic carbocycles. The van der Waals surface area contributed by atoms with Crippen molar-refractivity contribution in [3.8, 4) is 11.1 Å². The zero-order chi connectivity index (χ0) is 26.2. The van der Waals surface area contributed by atoms with E-state index >= 15 is 0 Å². The second-order valence-electron chi connectivity index (χ2n) is 8.92. The Bertz CT molecular complexity index is 1540. The maximum Gasteiger partial charge on any atom is -0.0253 e. The zero-order valence-electron chi connectivity index (χ0n) is 20.8. The largest absolute Gasteiger partial charge is 0.179 e. The molecule has 0 aliphatic heterocycles. The Kier molecular flexibility index (Phi) is 9.55. The van der Waals surface area contributed by atoms with Gasteiger partial charge in [-0.3, -0.25) is 0 Å². The molecule has 0 radical (unpaired) electrons. The van der Waals surface area contributed by atoms with Crippen LogP contribution >= 0.6 is 17.0 Å². The normalized spacial score (nSPS) is 10.8. The van der Waals surface area contributed by atoms with Crippen LogP contribution in [-0.2, 0) is 24.4 Å². The summed E-state index contributed by atoms with van der Waals surface area (Å²) in [5, 5.41) is 5.33. The van der Waals surface area contributed by atoms with Gasteiger partial charge in [-0.1, -0.05) is 41.5 Å². The predicted octanol–water partition coefficient (Wildman–Crippen LogP) is 8.33. The quantitative estimate of drug-likeness (QED) is 0.134. The second kappa shape index (κ2) is 13.5. The monoisotopic (exact) mass is 622 g/mol. The van der Waals surface area contributed by atoms with E-state index in [0.29, 0.717) is 0 Å². The SMILES string of the molecule is [Cl][Zr]([Cl])=[Si](c1ccccc1)c1ccccc1.[c-]1cccc2c1Cc1ccccc1-2.c1ccc2[cH-]ccc2c1. The molecule has 0 saturated carbocycles. The second-order valence-corrected chi connectivity index (χ2v) is 28.1. The van der Waals surface area contributed by atoms with Crippen LogP contribution in [-0.4, -0.2) is 5.43 Å². The third-order valence-corrected chi connectivity index (χ3v) is 22.4. The molecule has 0 bridgehead atoms. The third kappa shape index (κ3) is 6.68. The Morgan fingerprint density at radius 2 is 1.24 bits per heavy atom. The van der Waals surface area contributed by atoms with Gasteiger partial charge in [0.15, 0.2) is 0 Å². The summed E-state index contributed by atoms with van der Waals surface area (Å²) in [6, 6.07) is 53.6. The molecule has 0 fully saturated rings. The molecule has 0 amide bonds. The van der Waals surface area contributed by atoms with E-state index in [1.54, 1.807) is 0 Å². The van der Waals surface area contributed by atoms with E-state index < -0.39 is 23.4 Å². The van der Waals surface area contributed by atoms with Gasteiger partial charge in [-0.2, -0.15) is 47.3 Å². The molecule has 0 unspecified atom stereocenters. The summed E-state index contributed by atoms with van der Waals surface area (Å²) >= 11 is -2.26. The molecule has 0 nitrogen and oxygen atoms in total. The zero-order valence-corrected chi connectivity index (χ0v) is 25.8.